The SMILES string of the molecule is COc1cc2c(cc1OC)CN(c1nc(Br)cs1)CC2. The summed E-state index contributed by atoms with van der Waals surface area (Å²) in [6, 6.07) is 4.16. The highest BCUT2D eigenvalue weighted by Crippen LogP contribution is 2.35. The van der Waals surface area contributed by atoms with E-state index in [2.05, 4.69) is 37.9 Å². The third-order valence-electron chi connectivity index (χ3n) is 3.45. The first-order valence-corrected chi connectivity index (χ1v) is 7.98. The molecule has 0 fully saturated rings. The second-order valence-electron chi connectivity index (χ2n) is 4.60. The molecule has 0 saturated heterocycles. The quantitative estimate of drug-likeness (QED) is 0.844. The number of fused-ring (bicyclic) bond motifs is 1. The second-order valence-corrected chi connectivity index (χ2v) is 6.25. The lowest BCUT2D eigenvalue weighted by Gasteiger charge is -2.29. The first kappa shape index (κ1) is 13.7. The highest BCUT2D eigenvalue weighted by atomic mass is 79.9. The summed E-state index contributed by atoms with van der Waals surface area (Å²) in [6.45, 7) is 1.83. The van der Waals surface area contributed by atoms with E-state index in [1.807, 2.05) is 5.38 Å². The summed E-state index contributed by atoms with van der Waals surface area (Å²) < 4.78 is 11.6. The van der Waals surface area contributed by atoms with Gasteiger partial charge in [-0.15, -0.1) is 11.3 Å². The number of hydrogen-bond donors (Lipinski definition) is 0. The fourth-order valence-corrected chi connectivity index (χ4v) is 3.71. The van der Waals surface area contributed by atoms with Gasteiger partial charge >= 0.3 is 0 Å². The number of ether oxygens (including phenoxy) is 2. The van der Waals surface area contributed by atoms with Gasteiger partial charge in [-0.2, -0.15) is 0 Å². The van der Waals surface area contributed by atoms with Crippen molar-refractivity contribution in [2.75, 3.05) is 25.7 Å². The predicted octanol–water partition coefficient (Wildman–Crippen LogP) is 3.49. The summed E-state index contributed by atoms with van der Waals surface area (Å²) in [7, 11) is 3.34. The smallest absolute Gasteiger partial charge is 0.186 e. The lowest BCUT2D eigenvalue weighted by atomic mass is 9.99. The van der Waals surface area contributed by atoms with Crippen LogP contribution in [-0.2, 0) is 13.0 Å². The summed E-state index contributed by atoms with van der Waals surface area (Å²) in [4.78, 5) is 6.78. The van der Waals surface area contributed by atoms with Gasteiger partial charge in [-0.25, -0.2) is 4.98 Å². The largest absolute Gasteiger partial charge is 0.493 e. The van der Waals surface area contributed by atoms with Crippen LogP contribution in [0.4, 0.5) is 5.13 Å². The van der Waals surface area contributed by atoms with E-state index in [4.69, 9.17) is 9.47 Å². The number of rotatable bonds is 3. The molecule has 0 N–H and O–H groups in total. The Labute approximate surface area is 130 Å². The van der Waals surface area contributed by atoms with Crippen LogP contribution in [0, 0.1) is 0 Å². The monoisotopic (exact) mass is 354 g/mol. The molecule has 0 aliphatic carbocycles. The molecule has 2 heterocycles. The summed E-state index contributed by atoms with van der Waals surface area (Å²) >= 11 is 5.07. The van der Waals surface area contributed by atoms with Gasteiger partial charge in [0.05, 0.1) is 14.2 Å². The standard InChI is InChI=1S/C14H15BrN2O2S/c1-18-11-5-9-3-4-17(14-16-13(15)8-20-14)7-10(9)6-12(11)19-2/h5-6,8H,3-4,7H2,1-2H3. The fourth-order valence-electron chi connectivity index (χ4n) is 2.44. The normalized spacial score (nSPS) is 14.1. The lowest BCUT2D eigenvalue weighted by Crippen LogP contribution is -2.30. The highest BCUT2D eigenvalue weighted by molar-refractivity contribution is 9.10. The van der Waals surface area contributed by atoms with Gasteiger partial charge < -0.3 is 14.4 Å². The first-order valence-electron chi connectivity index (χ1n) is 6.31. The Bertz CT molecular complexity index is 630. The van der Waals surface area contributed by atoms with Gasteiger partial charge in [0, 0.05) is 18.5 Å². The summed E-state index contributed by atoms with van der Waals surface area (Å²) in [5.74, 6) is 1.59. The molecule has 4 nitrogen and oxygen atoms in total. The maximum atomic E-state index is 5.38. The highest BCUT2D eigenvalue weighted by Gasteiger charge is 2.21. The Morgan fingerprint density at radius 2 is 1.90 bits per heavy atom. The van der Waals surface area contributed by atoms with Crippen LogP contribution >= 0.6 is 27.3 Å². The number of thiazole rings is 1. The average molecular weight is 355 g/mol. The molecule has 106 valence electrons. The Hall–Kier alpha value is -1.27. The van der Waals surface area contributed by atoms with Crippen molar-refractivity contribution in [1.29, 1.82) is 0 Å². The molecule has 2 aromatic rings. The van der Waals surface area contributed by atoms with Crippen molar-refractivity contribution in [3.63, 3.8) is 0 Å². The van der Waals surface area contributed by atoms with Gasteiger partial charge in [-0.1, -0.05) is 0 Å². The molecule has 6 heteroatoms. The zero-order valence-corrected chi connectivity index (χ0v) is 13.8. The van der Waals surface area contributed by atoms with E-state index in [1.165, 1.54) is 11.1 Å². The number of benzene rings is 1. The Morgan fingerprint density at radius 1 is 1.20 bits per heavy atom. The van der Waals surface area contributed by atoms with Gasteiger partial charge in [0.15, 0.2) is 16.6 Å². The van der Waals surface area contributed by atoms with Crippen LogP contribution in [0.25, 0.3) is 0 Å². The van der Waals surface area contributed by atoms with Crippen molar-refractivity contribution >= 4 is 32.4 Å². The molecule has 1 aliphatic heterocycles. The van der Waals surface area contributed by atoms with Crippen LogP contribution in [-0.4, -0.2) is 25.7 Å². The van der Waals surface area contributed by atoms with Crippen molar-refractivity contribution in [2.24, 2.45) is 0 Å². The van der Waals surface area contributed by atoms with Crippen LogP contribution in [0.15, 0.2) is 22.1 Å². The second kappa shape index (κ2) is 5.61. The van der Waals surface area contributed by atoms with Crippen molar-refractivity contribution in [3.05, 3.63) is 33.2 Å². The maximum Gasteiger partial charge on any atom is 0.186 e. The first-order chi connectivity index (χ1) is 9.71. The number of anilines is 1. The van der Waals surface area contributed by atoms with Crippen LogP contribution in [0.3, 0.4) is 0 Å². The molecule has 0 bridgehead atoms. The number of aromatic nitrogens is 1. The van der Waals surface area contributed by atoms with Crippen molar-refractivity contribution < 1.29 is 9.47 Å². The minimum atomic E-state index is 0.786. The van der Waals surface area contributed by atoms with Crippen molar-refractivity contribution in [3.8, 4) is 11.5 Å². The number of hydrogen-bond acceptors (Lipinski definition) is 5. The Balaban J connectivity index is 1.90. The van der Waals surface area contributed by atoms with Gasteiger partial charge in [0.1, 0.15) is 4.60 Å². The number of halogens is 1. The van der Waals surface area contributed by atoms with Crippen molar-refractivity contribution in [2.45, 2.75) is 13.0 Å². The molecule has 1 aliphatic rings. The molecule has 1 aromatic heterocycles. The van der Waals surface area contributed by atoms with Gasteiger partial charge in [0.25, 0.3) is 0 Å². The molecule has 0 spiro atoms. The Kier molecular flexibility index (Phi) is 3.85. The Morgan fingerprint density at radius 3 is 2.50 bits per heavy atom. The number of nitrogens with zero attached hydrogens (tertiary/aromatic N) is 2. The van der Waals surface area contributed by atoms with E-state index in [0.29, 0.717) is 0 Å². The summed E-state index contributed by atoms with van der Waals surface area (Å²) in [5.41, 5.74) is 2.61. The minimum absolute atomic E-state index is 0.786. The van der Waals surface area contributed by atoms with E-state index in [0.717, 1.165) is 40.7 Å². The van der Waals surface area contributed by atoms with Gasteiger partial charge in [0.2, 0.25) is 0 Å². The number of methoxy groups -OCH3 is 2. The molecular formula is C14H15BrN2O2S. The maximum absolute atomic E-state index is 5.38. The van der Waals surface area contributed by atoms with Crippen LogP contribution in [0.2, 0.25) is 0 Å². The molecule has 3 rings (SSSR count). The van der Waals surface area contributed by atoms with Crippen LogP contribution < -0.4 is 14.4 Å². The fraction of sp³-hybridized carbons (Fsp3) is 0.357. The molecule has 1 aromatic carbocycles. The van der Waals surface area contributed by atoms with Crippen LogP contribution in [0.5, 0.6) is 11.5 Å². The summed E-state index contributed by atoms with van der Waals surface area (Å²) in [6.07, 6.45) is 0.993. The third-order valence-corrected chi connectivity index (χ3v) is 5.06. The van der Waals surface area contributed by atoms with Gasteiger partial charge in [-0.3, -0.25) is 0 Å². The molecular weight excluding hydrogens is 340 g/mol. The molecule has 0 atom stereocenters. The minimum Gasteiger partial charge on any atom is -0.493 e. The topological polar surface area (TPSA) is 34.6 Å². The van der Waals surface area contributed by atoms with E-state index in [9.17, 15) is 0 Å². The zero-order chi connectivity index (χ0) is 14.1. The van der Waals surface area contributed by atoms with E-state index in [1.54, 1.807) is 25.6 Å². The zero-order valence-electron chi connectivity index (χ0n) is 11.4. The average Bonchev–Trinajstić information content (AvgIpc) is 2.91. The molecule has 0 radical (unpaired) electrons. The molecule has 0 saturated carbocycles. The van der Waals surface area contributed by atoms with E-state index in [-0.39, 0.29) is 0 Å². The third kappa shape index (κ3) is 2.50. The van der Waals surface area contributed by atoms with Gasteiger partial charge in [-0.05, 0) is 45.6 Å². The predicted molar refractivity (Wildman–Crippen MR) is 84.1 cm³/mol. The summed E-state index contributed by atoms with van der Waals surface area (Å²) in [5, 5.41) is 3.07. The molecule has 20 heavy (non-hydrogen) atoms. The lowest BCUT2D eigenvalue weighted by molar-refractivity contribution is 0.353. The van der Waals surface area contributed by atoms with E-state index < -0.39 is 0 Å². The van der Waals surface area contributed by atoms with E-state index >= 15 is 0 Å². The van der Waals surface area contributed by atoms with Crippen LogP contribution in [0.1, 0.15) is 11.1 Å². The van der Waals surface area contributed by atoms with Crippen molar-refractivity contribution in [1.82, 2.24) is 4.98 Å². The molecule has 0 amide bonds. The molecule has 0 unspecified atom stereocenters.